The molecular weight excluding hydrogens is 559 g/mol. The lowest BCUT2D eigenvalue weighted by Crippen LogP contribution is -2.30. The van der Waals surface area contributed by atoms with E-state index >= 15 is 0 Å². The van der Waals surface area contributed by atoms with Crippen LogP contribution in [0.1, 0.15) is 22.8 Å². The first-order chi connectivity index (χ1) is 18.5. The second kappa shape index (κ2) is 13.3. The molecule has 0 fully saturated rings. The number of nitrogens with zero attached hydrogens (tertiary/aromatic N) is 1. The first-order valence-electron chi connectivity index (χ1n) is 11.2. The molecule has 3 aromatic rings. The minimum Gasteiger partial charge on any atom is -0.497 e. The highest BCUT2D eigenvalue weighted by Gasteiger charge is 2.26. The van der Waals surface area contributed by atoms with Crippen molar-refractivity contribution >= 4 is 40.8 Å². The predicted octanol–water partition coefficient (Wildman–Crippen LogP) is 5.87. The molecule has 0 radical (unpaired) electrons. The van der Waals surface area contributed by atoms with Gasteiger partial charge >= 0.3 is 12.6 Å². The van der Waals surface area contributed by atoms with Crippen molar-refractivity contribution in [3.8, 4) is 17.2 Å². The maximum absolute atomic E-state index is 13.3. The standard InChI is InChI=1S/C27H23Cl2F2NO7/c1-37-17-8-6-15(22(13-17)38-2)14-32(23(33)10-11-24(34)35)20-9-7-16(28)12-19(20)26(36)18-4-3-5-21(25(18)29)39-27(30)31/h3-13,26-27,36H,14H2,1-2H3,(H,34,35). The highest BCUT2D eigenvalue weighted by atomic mass is 35.5. The predicted molar refractivity (Wildman–Crippen MR) is 141 cm³/mol. The summed E-state index contributed by atoms with van der Waals surface area (Å²) in [5.74, 6) is -1.56. The Kier molecular flexibility index (Phi) is 10.1. The van der Waals surface area contributed by atoms with Gasteiger partial charge in [-0.2, -0.15) is 8.78 Å². The van der Waals surface area contributed by atoms with Crippen molar-refractivity contribution in [2.24, 2.45) is 0 Å². The average Bonchev–Trinajstić information content (AvgIpc) is 2.91. The summed E-state index contributed by atoms with van der Waals surface area (Å²) in [6.45, 7) is -3.27. The lowest BCUT2D eigenvalue weighted by Gasteiger charge is -2.27. The molecule has 3 rings (SSSR count). The molecule has 3 aromatic carbocycles. The zero-order chi connectivity index (χ0) is 28.7. The Morgan fingerprint density at radius 3 is 2.36 bits per heavy atom. The first kappa shape index (κ1) is 29.7. The molecule has 1 atom stereocenters. The number of benzene rings is 3. The van der Waals surface area contributed by atoms with E-state index in [0.717, 1.165) is 6.08 Å². The number of rotatable bonds is 11. The number of hydrogen-bond donors (Lipinski definition) is 2. The van der Waals surface area contributed by atoms with E-state index in [1.807, 2.05) is 0 Å². The first-order valence-corrected chi connectivity index (χ1v) is 12.0. The summed E-state index contributed by atoms with van der Waals surface area (Å²) in [7, 11) is 2.91. The number of aliphatic hydroxyl groups is 1. The van der Waals surface area contributed by atoms with Crippen LogP contribution < -0.4 is 19.1 Å². The monoisotopic (exact) mass is 581 g/mol. The number of carbonyl (C=O) groups excluding carboxylic acids is 1. The Labute approximate surface area is 232 Å². The molecule has 1 unspecified atom stereocenters. The second-order valence-corrected chi connectivity index (χ2v) is 8.73. The number of aliphatic carboxylic acids is 1. The molecule has 0 aliphatic carbocycles. The fourth-order valence-electron chi connectivity index (χ4n) is 3.75. The molecule has 206 valence electrons. The minimum absolute atomic E-state index is 0.00818. The lowest BCUT2D eigenvalue weighted by molar-refractivity contribution is -0.131. The van der Waals surface area contributed by atoms with Crippen molar-refractivity contribution in [1.29, 1.82) is 0 Å². The molecule has 0 saturated heterocycles. The minimum atomic E-state index is -3.15. The van der Waals surface area contributed by atoms with E-state index in [-0.39, 0.29) is 39.2 Å². The molecule has 8 nitrogen and oxygen atoms in total. The van der Waals surface area contributed by atoms with Crippen molar-refractivity contribution in [3.63, 3.8) is 0 Å². The summed E-state index contributed by atoms with van der Waals surface area (Å²) < 4.78 is 40.8. The Hall–Kier alpha value is -3.86. The topological polar surface area (TPSA) is 106 Å². The molecule has 0 bridgehead atoms. The number of carbonyl (C=O) groups is 2. The van der Waals surface area contributed by atoms with Crippen LogP contribution in [0.25, 0.3) is 0 Å². The van der Waals surface area contributed by atoms with Crippen LogP contribution in [0.3, 0.4) is 0 Å². The summed E-state index contributed by atoms with van der Waals surface area (Å²) in [5, 5.41) is 20.3. The molecule has 0 aliphatic rings. The maximum Gasteiger partial charge on any atom is 0.387 e. The molecule has 39 heavy (non-hydrogen) atoms. The van der Waals surface area contributed by atoms with Crippen molar-refractivity contribution < 1.29 is 42.8 Å². The van der Waals surface area contributed by atoms with Crippen LogP contribution in [-0.4, -0.2) is 42.9 Å². The molecule has 0 saturated carbocycles. The van der Waals surface area contributed by atoms with E-state index in [1.54, 1.807) is 18.2 Å². The Morgan fingerprint density at radius 1 is 0.974 bits per heavy atom. The van der Waals surface area contributed by atoms with Gasteiger partial charge in [0.05, 0.1) is 31.5 Å². The number of hydrogen-bond acceptors (Lipinski definition) is 6. The van der Waals surface area contributed by atoms with Gasteiger partial charge in [0.15, 0.2) is 0 Å². The summed E-state index contributed by atoms with van der Waals surface area (Å²) in [6.07, 6.45) is -0.0223. The summed E-state index contributed by atoms with van der Waals surface area (Å²) in [6, 6.07) is 13.2. The second-order valence-electron chi connectivity index (χ2n) is 7.92. The van der Waals surface area contributed by atoms with Crippen LogP contribution in [0.2, 0.25) is 10.0 Å². The van der Waals surface area contributed by atoms with E-state index in [1.165, 1.54) is 55.5 Å². The number of ether oxygens (including phenoxy) is 3. The van der Waals surface area contributed by atoms with Gasteiger partial charge in [0.2, 0.25) is 0 Å². The van der Waals surface area contributed by atoms with E-state index in [0.29, 0.717) is 23.1 Å². The normalized spacial score (nSPS) is 11.9. The summed E-state index contributed by atoms with van der Waals surface area (Å²) >= 11 is 12.5. The van der Waals surface area contributed by atoms with Crippen LogP contribution in [0.4, 0.5) is 14.5 Å². The van der Waals surface area contributed by atoms with Gasteiger partial charge in [-0.25, -0.2) is 4.79 Å². The van der Waals surface area contributed by atoms with Crippen molar-refractivity contribution in [1.82, 2.24) is 0 Å². The number of amides is 1. The number of halogens is 4. The third kappa shape index (κ3) is 7.38. The number of carboxylic acid groups (broad SMARTS) is 1. The molecule has 0 aromatic heterocycles. The largest absolute Gasteiger partial charge is 0.497 e. The van der Waals surface area contributed by atoms with E-state index in [9.17, 15) is 23.5 Å². The Morgan fingerprint density at radius 2 is 1.72 bits per heavy atom. The van der Waals surface area contributed by atoms with E-state index in [4.69, 9.17) is 37.8 Å². The molecule has 1 amide bonds. The zero-order valence-corrected chi connectivity index (χ0v) is 22.1. The summed E-state index contributed by atoms with van der Waals surface area (Å²) in [4.78, 5) is 25.6. The number of alkyl halides is 2. The highest BCUT2D eigenvalue weighted by molar-refractivity contribution is 6.33. The van der Waals surface area contributed by atoms with Gasteiger partial charge in [0, 0.05) is 39.9 Å². The van der Waals surface area contributed by atoms with Gasteiger partial charge in [0.1, 0.15) is 23.4 Å². The van der Waals surface area contributed by atoms with Crippen molar-refractivity contribution in [2.75, 3.05) is 19.1 Å². The fraction of sp³-hybridized carbons (Fsp3) is 0.185. The van der Waals surface area contributed by atoms with Gasteiger partial charge in [-0.05, 0) is 36.4 Å². The fourth-order valence-corrected chi connectivity index (χ4v) is 4.21. The van der Waals surface area contributed by atoms with Crippen LogP contribution in [0.15, 0.2) is 66.7 Å². The molecular formula is C27H23Cl2F2NO7. The molecule has 0 heterocycles. The maximum atomic E-state index is 13.3. The van der Waals surface area contributed by atoms with E-state index in [2.05, 4.69) is 4.74 Å². The van der Waals surface area contributed by atoms with Gasteiger partial charge in [-0.15, -0.1) is 0 Å². The summed E-state index contributed by atoms with van der Waals surface area (Å²) in [5.41, 5.74) is 0.758. The van der Waals surface area contributed by atoms with Gasteiger partial charge < -0.3 is 29.3 Å². The zero-order valence-electron chi connectivity index (χ0n) is 20.6. The number of aliphatic hydroxyl groups excluding tert-OH is 1. The third-order valence-electron chi connectivity index (χ3n) is 5.54. The Balaban J connectivity index is 2.16. The van der Waals surface area contributed by atoms with Crippen molar-refractivity contribution in [3.05, 3.63) is 93.5 Å². The van der Waals surface area contributed by atoms with Gasteiger partial charge in [-0.3, -0.25) is 4.79 Å². The lowest BCUT2D eigenvalue weighted by atomic mass is 9.98. The quantitative estimate of drug-likeness (QED) is 0.273. The molecule has 2 N–H and O–H groups in total. The van der Waals surface area contributed by atoms with Crippen LogP contribution in [0, 0.1) is 0 Å². The van der Waals surface area contributed by atoms with Gasteiger partial charge in [0.25, 0.3) is 5.91 Å². The van der Waals surface area contributed by atoms with Crippen LogP contribution >= 0.6 is 23.2 Å². The molecule has 0 aliphatic heterocycles. The smallest absolute Gasteiger partial charge is 0.387 e. The van der Waals surface area contributed by atoms with E-state index < -0.39 is 24.6 Å². The van der Waals surface area contributed by atoms with Gasteiger partial charge in [-0.1, -0.05) is 35.3 Å². The average molecular weight is 582 g/mol. The SMILES string of the molecule is COc1ccc(CN(C(=O)C=CC(=O)O)c2ccc(Cl)cc2C(O)c2cccc(OC(F)F)c2Cl)c(OC)c1. The molecule has 12 heteroatoms. The number of anilines is 1. The van der Waals surface area contributed by atoms with Crippen molar-refractivity contribution in [2.45, 2.75) is 19.3 Å². The molecule has 0 spiro atoms. The number of carboxylic acids is 1. The highest BCUT2D eigenvalue weighted by Crippen LogP contribution is 2.40. The Bertz CT molecular complexity index is 1380. The third-order valence-corrected chi connectivity index (χ3v) is 6.18. The number of methoxy groups -OCH3 is 2. The van der Waals surface area contributed by atoms with Crippen LogP contribution in [-0.2, 0) is 16.1 Å². The van der Waals surface area contributed by atoms with Crippen LogP contribution in [0.5, 0.6) is 17.2 Å².